The van der Waals surface area contributed by atoms with Crippen molar-refractivity contribution in [2.75, 3.05) is 19.8 Å². The highest BCUT2D eigenvalue weighted by Crippen LogP contribution is 2.70. The molecule has 0 aromatic heterocycles. The lowest BCUT2D eigenvalue weighted by Crippen LogP contribution is -1.95. The molecule has 0 fully saturated rings. The Morgan fingerprint density at radius 3 is 1.81 bits per heavy atom. The lowest BCUT2D eigenvalue weighted by molar-refractivity contribution is 0.250. The van der Waals surface area contributed by atoms with Gasteiger partial charge >= 0.3 is 15.0 Å². The summed E-state index contributed by atoms with van der Waals surface area (Å²) in [5.74, 6) is 6.18. The Morgan fingerprint density at radius 2 is 1.44 bits per heavy atom. The van der Waals surface area contributed by atoms with Gasteiger partial charge in [-0.05, 0) is 4.57 Å². The lowest BCUT2D eigenvalue weighted by Gasteiger charge is -2.03. The first-order valence-corrected chi connectivity index (χ1v) is 7.33. The zero-order valence-electron chi connectivity index (χ0n) is 8.29. The molecule has 0 amide bonds. The quantitative estimate of drug-likeness (QED) is 0.515. The van der Waals surface area contributed by atoms with Gasteiger partial charge in [-0.25, -0.2) is 4.57 Å². The molecule has 0 aliphatic carbocycles. The van der Waals surface area contributed by atoms with Crippen molar-refractivity contribution in [2.24, 2.45) is 0 Å². The van der Waals surface area contributed by atoms with E-state index >= 15 is 0 Å². The minimum Gasteiger partial charge on any atom is -0.256 e. The molecule has 0 aromatic rings. The van der Waals surface area contributed by atoms with Crippen LogP contribution in [0.25, 0.3) is 0 Å². The third-order valence-corrected chi connectivity index (χ3v) is 4.98. The minimum absolute atomic E-state index is 0.280. The van der Waals surface area contributed by atoms with E-state index in [4.69, 9.17) is 19.3 Å². The van der Waals surface area contributed by atoms with Gasteiger partial charge in [0.1, 0.15) is 13.2 Å². The van der Waals surface area contributed by atoms with Gasteiger partial charge in [-0.3, -0.25) is 9.05 Å². The zero-order chi connectivity index (χ0) is 12.4. The maximum absolute atomic E-state index is 11.8. The first kappa shape index (κ1) is 14.9. The fourth-order valence-electron chi connectivity index (χ4n) is 0.532. The van der Waals surface area contributed by atoms with Crippen molar-refractivity contribution < 1.29 is 22.7 Å². The van der Waals surface area contributed by atoms with E-state index < -0.39 is 15.0 Å². The summed E-state index contributed by atoms with van der Waals surface area (Å²) in [5.41, 5.74) is 0. The third-order valence-electron chi connectivity index (χ3n) is 1.08. The van der Waals surface area contributed by atoms with E-state index in [1.807, 2.05) is 0 Å². The van der Waals surface area contributed by atoms with Crippen molar-refractivity contribution in [1.82, 2.24) is 0 Å². The summed E-state index contributed by atoms with van der Waals surface area (Å²) >= 11 is 0. The highest BCUT2D eigenvalue weighted by Gasteiger charge is 2.51. The molecule has 0 heterocycles. The molecular weight excluding hydrogens is 250 g/mol. The van der Waals surface area contributed by atoms with Gasteiger partial charge in [-0.1, -0.05) is 17.8 Å². The summed E-state index contributed by atoms with van der Waals surface area (Å²) in [4.78, 5) is 0. The van der Waals surface area contributed by atoms with Crippen LogP contribution in [0.2, 0.25) is 0 Å². The summed E-state index contributed by atoms with van der Waals surface area (Å²) in [7, 11) is -6.69. The molecule has 0 aliphatic rings. The first-order valence-electron chi connectivity index (χ1n) is 3.91. The molecule has 0 radical (unpaired) electrons. The van der Waals surface area contributed by atoms with Crippen molar-refractivity contribution in [3.8, 4) is 37.0 Å². The van der Waals surface area contributed by atoms with Crippen LogP contribution in [-0.2, 0) is 22.7 Å². The van der Waals surface area contributed by atoms with Crippen LogP contribution in [0.4, 0.5) is 0 Å². The number of rotatable bonds is 7. The molecule has 0 saturated carbocycles. The summed E-state index contributed by atoms with van der Waals surface area (Å²) in [6.45, 7) is -0.942. The van der Waals surface area contributed by atoms with Crippen LogP contribution in [0.15, 0.2) is 0 Å². The maximum Gasteiger partial charge on any atom is 0.623 e. The number of terminal acetylenes is 3. The van der Waals surface area contributed by atoms with Gasteiger partial charge in [0.15, 0.2) is 6.61 Å². The van der Waals surface area contributed by atoms with E-state index in [2.05, 4.69) is 31.3 Å². The fourth-order valence-corrected chi connectivity index (χ4v) is 3.11. The van der Waals surface area contributed by atoms with Crippen LogP contribution in [0.1, 0.15) is 0 Å². The van der Waals surface area contributed by atoms with Gasteiger partial charge in [0.25, 0.3) is 0 Å². The van der Waals surface area contributed by atoms with E-state index in [0.29, 0.717) is 0 Å². The summed E-state index contributed by atoms with van der Waals surface area (Å²) in [6.07, 6.45) is 14.7. The van der Waals surface area contributed by atoms with Gasteiger partial charge in [-0.2, -0.15) is 0 Å². The van der Waals surface area contributed by atoms with E-state index in [1.54, 1.807) is 0 Å². The highest BCUT2D eigenvalue weighted by atomic mass is 32.1. The molecule has 0 bridgehead atoms. The second-order valence-corrected chi connectivity index (χ2v) is 6.78. The fraction of sp³-hybridized carbons (Fsp3) is 0.333. The topological polar surface area (TPSA) is 61.8 Å². The molecule has 1 atom stereocenters. The van der Waals surface area contributed by atoms with Crippen LogP contribution in [0.5, 0.6) is 0 Å². The van der Waals surface area contributed by atoms with Crippen LogP contribution >= 0.6 is 15.0 Å². The Labute approximate surface area is 95.1 Å². The van der Waals surface area contributed by atoms with Gasteiger partial charge < -0.3 is 0 Å². The molecular formula is C9H9O5P2+. The molecule has 0 saturated heterocycles. The lowest BCUT2D eigenvalue weighted by atomic mass is 10.8. The second kappa shape index (κ2) is 8.09. The van der Waals surface area contributed by atoms with Crippen LogP contribution in [0.3, 0.4) is 0 Å². The normalized spacial score (nSPS) is 10.9. The van der Waals surface area contributed by atoms with E-state index in [1.165, 1.54) is 0 Å². The standard InChI is InChI=1S/C9H9O5P2/c1-4-7-12-15(10)16(11,13-8-5-2)14-9-6-3/h1-3H,7-9H2/q+1. The smallest absolute Gasteiger partial charge is 0.256 e. The maximum atomic E-state index is 11.8. The van der Waals surface area contributed by atoms with Crippen LogP contribution in [0, 0.1) is 37.0 Å². The highest BCUT2D eigenvalue weighted by molar-refractivity contribution is 8.21. The average molecular weight is 259 g/mol. The van der Waals surface area contributed by atoms with E-state index in [0.717, 1.165) is 0 Å². The zero-order valence-corrected chi connectivity index (χ0v) is 10.1. The third kappa shape index (κ3) is 5.11. The Hall–Kier alpha value is -1.11. The molecule has 0 N–H and O–H groups in total. The molecule has 5 nitrogen and oxygen atoms in total. The Kier molecular flexibility index (Phi) is 7.53. The second-order valence-electron chi connectivity index (χ2n) is 2.14. The Morgan fingerprint density at radius 1 is 1.00 bits per heavy atom. The average Bonchev–Trinajstić information content (AvgIpc) is 2.30. The van der Waals surface area contributed by atoms with Crippen molar-refractivity contribution in [3.05, 3.63) is 0 Å². The molecule has 7 heteroatoms. The van der Waals surface area contributed by atoms with Gasteiger partial charge in [0.2, 0.25) is 0 Å². The monoisotopic (exact) mass is 259 g/mol. The molecule has 84 valence electrons. The minimum atomic E-state index is -3.97. The number of hydrogen-bond donors (Lipinski definition) is 0. The Balaban J connectivity index is 4.60. The molecule has 0 rings (SSSR count). The predicted molar refractivity (Wildman–Crippen MR) is 59.6 cm³/mol. The van der Waals surface area contributed by atoms with Gasteiger partial charge in [0.05, 0.1) is 0 Å². The molecule has 16 heavy (non-hydrogen) atoms. The summed E-state index contributed by atoms with van der Waals surface area (Å²) in [5, 5.41) is 0. The van der Waals surface area contributed by atoms with Crippen molar-refractivity contribution in [3.63, 3.8) is 0 Å². The van der Waals surface area contributed by atoms with Crippen LogP contribution < -0.4 is 0 Å². The van der Waals surface area contributed by atoms with Crippen molar-refractivity contribution >= 4 is 15.0 Å². The van der Waals surface area contributed by atoms with Gasteiger partial charge in [0, 0.05) is 0 Å². The molecule has 0 spiro atoms. The SMILES string of the molecule is C#CCO[P+](=O)P(=O)(OCC#C)OCC#C. The largest absolute Gasteiger partial charge is 0.623 e. The van der Waals surface area contributed by atoms with E-state index in [-0.39, 0.29) is 19.8 Å². The summed E-state index contributed by atoms with van der Waals surface area (Å²) < 4.78 is 37.1. The Bertz CT molecular complexity index is 387. The molecule has 1 unspecified atom stereocenters. The van der Waals surface area contributed by atoms with Crippen LogP contribution in [-0.4, -0.2) is 19.8 Å². The predicted octanol–water partition coefficient (Wildman–Crippen LogP) is 1.79. The van der Waals surface area contributed by atoms with Crippen molar-refractivity contribution in [1.29, 1.82) is 0 Å². The number of hydrogen-bond acceptors (Lipinski definition) is 5. The first-order chi connectivity index (χ1) is 7.60. The molecule has 0 aliphatic heterocycles. The van der Waals surface area contributed by atoms with E-state index in [9.17, 15) is 9.13 Å². The van der Waals surface area contributed by atoms with Crippen molar-refractivity contribution in [2.45, 2.75) is 0 Å². The van der Waals surface area contributed by atoms with Gasteiger partial charge in [-0.15, -0.1) is 23.8 Å². The molecule has 0 aromatic carbocycles. The summed E-state index contributed by atoms with van der Waals surface area (Å²) in [6, 6.07) is 0.